The van der Waals surface area contributed by atoms with Crippen LogP contribution in [0.5, 0.6) is 0 Å². The zero-order valence-corrected chi connectivity index (χ0v) is 17.5. The Kier molecular flexibility index (Phi) is 6.59. The molecule has 2 aromatic rings. The molecule has 1 atom stereocenters. The van der Waals surface area contributed by atoms with Crippen LogP contribution in [-0.4, -0.2) is 33.2 Å². The van der Waals surface area contributed by atoms with E-state index >= 15 is 0 Å². The molecule has 6 heteroatoms. The molecule has 2 N–H and O–H groups in total. The van der Waals surface area contributed by atoms with E-state index in [0.29, 0.717) is 11.1 Å². The Bertz CT molecular complexity index is 745. The maximum absolute atomic E-state index is 6.36. The lowest BCUT2D eigenvalue weighted by Gasteiger charge is -2.32. The second kappa shape index (κ2) is 8.51. The molecule has 0 aliphatic carbocycles. The standard InChI is InChI=1S/C19H21Cl3N2S/c1-13(24-9-7-23(2)8-10-24)16-11-14(20)4-6-18(16)25-19-12-15(21)3-5-17(19)22/h3-6,11-13H,7-10H2,1-2H3/p+2/t13-/m0/s1. The summed E-state index contributed by atoms with van der Waals surface area (Å²) in [7, 11) is 2.27. The summed E-state index contributed by atoms with van der Waals surface area (Å²) < 4.78 is 0. The van der Waals surface area contributed by atoms with Crippen molar-refractivity contribution in [2.45, 2.75) is 22.8 Å². The number of hydrogen-bond donors (Lipinski definition) is 2. The molecule has 1 aliphatic heterocycles. The van der Waals surface area contributed by atoms with Gasteiger partial charge in [0.1, 0.15) is 32.2 Å². The first-order chi connectivity index (χ1) is 11.9. The van der Waals surface area contributed by atoms with Gasteiger partial charge in [0.25, 0.3) is 0 Å². The van der Waals surface area contributed by atoms with Crippen LogP contribution in [0.3, 0.4) is 0 Å². The minimum absolute atomic E-state index is 0.396. The van der Waals surface area contributed by atoms with Gasteiger partial charge < -0.3 is 9.80 Å². The molecule has 25 heavy (non-hydrogen) atoms. The number of rotatable bonds is 4. The monoisotopic (exact) mass is 416 g/mol. The van der Waals surface area contributed by atoms with E-state index in [-0.39, 0.29) is 0 Å². The molecular weight excluding hydrogens is 395 g/mol. The smallest absolute Gasteiger partial charge is 0.127 e. The van der Waals surface area contributed by atoms with Gasteiger partial charge in [0.2, 0.25) is 0 Å². The first-order valence-electron chi connectivity index (χ1n) is 8.52. The Morgan fingerprint density at radius 1 is 0.880 bits per heavy atom. The van der Waals surface area contributed by atoms with Gasteiger partial charge in [-0.05, 0) is 43.3 Å². The highest BCUT2D eigenvalue weighted by Crippen LogP contribution is 2.38. The fourth-order valence-electron chi connectivity index (χ4n) is 3.28. The molecule has 0 saturated carbocycles. The van der Waals surface area contributed by atoms with Crippen LogP contribution < -0.4 is 9.80 Å². The van der Waals surface area contributed by atoms with Crippen LogP contribution in [0.1, 0.15) is 18.5 Å². The van der Waals surface area contributed by atoms with Crippen molar-refractivity contribution in [1.29, 1.82) is 0 Å². The number of halogens is 3. The van der Waals surface area contributed by atoms with E-state index in [1.165, 1.54) is 36.6 Å². The Morgan fingerprint density at radius 3 is 2.24 bits per heavy atom. The first-order valence-corrected chi connectivity index (χ1v) is 10.5. The summed E-state index contributed by atoms with van der Waals surface area (Å²) in [5, 5.41) is 2.20. The summed E-state index contributed by atoms with van der Waals surface area (Å²) in [6.07, 6.45) is 0. The van der Waals surface area contributed by atoms with E-state index in [9.17, 15) is 0 Å². The summed E-state index contributed by atoms with van der Waals surface area (Å²) in [5.74, 6) is 0. The van der Waals surface area contributed by atoms with Gasteiger partial charge in [0.15, 0.2) is 0 Å². The SMILES string of the molecule is C[C@@H](c1cc(Cl)ccc1Sc1cc(Cl)ccc1Cl)[NH+]1CC[NH+](C)CC1. The van der Waals surface area contributed by atoms with Crippen LogP contribution in [0, 0.1) is 0 Å². The van der Waals surface area contributed by atoms with E-state index in [0.717, 1.165) is 14.9 Å². The number of likely N-dealkylation sites (N-methyl/N-ethyl adjacent to an activating group) is 1. The highest BCUT2D eigenvalue weighted by molar-refractivity contribution is 7.99. The summed E-state index contributed by atoms with van der Waals surface area (Å²) in [6.45, 7) is 7.08. The second-order valence-corrected chi connectivity index (χ2v) is 9.06. The van der Waals surface area contributed by atoms with Gasteiger partial charge in [-0.25, -0.2) is 0 Å². The van der Waals surface area contributed by atoms with Gasteiger partial charge >= 0.3 is 0 Å². The zero-order chi connectivity index (χ0) is 18.0. The van der Waals surface area contributed by atoms with Crippen LogP contribution in [0.25, 0.3) is 0 Å². The Balaban J connectivity index is 1.88. The summed E-state index contributed by atoms with van der Waals surface area (Å²) in [4.78, 5) is 5.40. The van der Waals surface area contributed by atoms with Gasteiger partial charge in [0.05, 0.1) is 12.1 Å². The van der Waals surface area contributed by atoms with Crippen molar-refractivity contribution in [2.24, 2.45) is 0 Å². The minimum Gasteiger partial charge on any atom is -0.328 e. The molecule has 1 aliphatic rings. The molecule has 0 radical (unpaired) electrons. The molecule has 1 fully saturated rings. The van der Waals surface area contributed by atoms with Crippen LogP contribution >= 0.6 is 46.6 Å². The summed E-state index contributed by atoms with van der Waals surface area (Å²) in [6, 6.07) is 12.1. The van der Waals surface area contributed by atoms with Gasteiger partial charge in [-0.2, -0.15) is 0 Å². The molecule has 1 heterocycles. The van der Waals surface area contributed by atoms with E-state index in [4.69, 9.17) is 34.8 Å². The van der Waals surface area contributed by atoms with Crippen LogP contribution in [-0.2, 0) is 0 Å². The third-order valence-corrected chi connectivity index (χ3v) is 6.97. The summed E-state index contributed by atoms with van der Waals surface area (Å²) in [5.41, 5.74) is 1.28. The molecule has 3 rings (SSSR count). The minimum atomic E-state index is 0.396. The second-order valence-electron chi connectivity index (χ2n) is 6.70. The highest BCUT2D eigenvalue weighted by Gasteiger charge is 2.28. The molecule has 1 saturated heterocycles. The topological polar surface area (TPSA) is 8.88 Å². The molecule has 134 valence electrons. The molecule has 2 aromatic carbocycles. The largest absolute Gasteiger partial charge is 0.328 e. The normalized spacial score (nSPS) is 22.0. The molecule has 0 unspecified atom stereocenters. The van der Waals surface area contributed by atoms with Crippen LogP contribution in [0.2, 0.25) is 15.1 Å². The van der Waals surface area contributed by atoms with Crippen molar-refractivity contribution in [2.75, 3.05) is 33.2 Å². The maximum atomic E-state index is 6.36. The molecule has 0 bridgehead atoms. The van der Waals surface area contributed by atoms with Crippen molar-refractivity contribution in [3.63, 3.8) is 0 Å². The van der Waals surface area contributed by atoms with E-state index < -0.39 is 0 Å². The van der Waals surface area contributed by atoms with Crippen molar-refractivity contribution in [3.8, 4) is 0 Å². The molecule has 0 aromatic heterocycles. The molecule has 2 nitrogen and oxygen atoms in total. The summed E-state index contributed by atoms with van der Waals surface area (Å²) >= 11 is 20.5. The van der Waals surface area contributed by atoms with Crippen molar-refractivity contribution in [3.05, 3.63) is 57.0 Å². The van der Waals surface area contributed by atoms with Gasteiger partial charge in [-0.15, -0.1) is 0 Å². The predicted molar refractivity (Wildman–Crippen MR) is 108 cm³/mol. The number of benzene rings is 2. The lowest BCUT2D eigenvalue weighted by atomic mass is 10.1. The maximum Gasteiger partial charge on any atom is 0.127 e. The lowest BCUT2D eigenvalue weighted by molar-refractivity contribution is -1.02. The van der Waals surface area contributed by atoms with Crippen molar-refractivity contribution in [1.82, 2.24) is 0 Å². The van der Waals surface area contributed by atoms with Crippen LogP contribution in [0.4, 0.5) is 0 Å². The number of nitrogens with one attached hydrogen (secondary N) is 2. The molecule has 0 amide bonds. The Morgan fingerprint density at radius 2 is 1.52 bits per heavy atom. The number of quaternary nitrogens is 2. The van der Waals surface area contributed by atoms with Gasteiger partial charge in [-0.3, -0.25) is 0 Å². The molecular formula is C19H23Cl3N2S+2. The van der Waals surface area contributed by atoms with Gasteiger partial charge in [0, 0.05) is 25.4 Å². The quantitative estimate of drug-likeness (QED) is 0.776. The van der Waals surface area contributed by atoms with E-state index in [1.54, 1.807) is 21.6 Å². The number of piperazine rings is 1. The average Bonchev–Trinajstić information content (AvgIpc) is 2.59. The Hall–Kier alpha value is -0.420. The molecule has 0 spiro atoms. The van der Waals surface area contributed by atoms with Crippen LogP contribution in [0.15, 0.2) is 46.2 Å². The van der Waals surface area contributed by atoms with E-state index in [2.05, 4.69) is 26.1 Å². The van der Waals surface area contributed by atoms with E-state index in [1.807, 2.05) is 24.3 Å². The fraction of sp³-hybridized carbons (Fsp3) is 0.368. The zero-order valence-electron chi connectivity index (χ0n) is 14.4. The third kappa shape index (κ3) is 4.85. The third-order valence-electron chi connectivity index (χ3n) is 4.91. The fourth-order valence-corrected chi connectivity index (χ4v) is 5.00. The van der Waals surface area contributed by atoms with Crippen molar-refractivity contribution >= 4 is 46.6 Å². The Labute approximate surface area is 169 Å². The average molecular weight is 418 g/mol. The lowest BCUT2D eigenvalue weighted by Crippen LogP contribution is -3.26. The number of hydrogen-bond acceptors (Lipinski definition) is 1. The highest BCUT2D eigenvalue weighted by atomic mass is 35.5. The first kappa shape index (κ1) is 19.3. The predicted octanol–water partition coefficient (Wildman–Crippen LogP) is 3.27. The van der Waals surface area contributed by atoms with Gasteiger partial charge in [-0.1, -0.05) is 46.6 Å². The van der Waals surface area contributed by atoms with Crippen molar-refractivity contribution < 1.29 is 9.80 Å².